The van der Waals surface area contributed by atoms with Crippen LogP contribution in [0.5, 0.6) is 0 Å². The van der Waals surface area contributed by atoms with E-state index in [-0.39, 0.29) is 61.2 Å². The zero-order chi connectivity index (χ0) is 65.8. The van der Waals surface area contributed by atoms with E-state index in [4.69, 9.17) is 52.1 Å². The minimum absolute atomic E-state index is 0.0530. The molecule has 25 heteroatoms. The number of methoxy groups -OCH3 is 1. The number of hydrogen-bond acceptors (Lipinski definition) is 19. The molecule has 6 rings (SSSR count). The number of carbonyl (C=O) groups excluding carboxylic acids is 6. The zero-order valence-electron chi connectivity index (χ0n) is 54.7. The van der Waals surface area contributed by atoms with Crippen molar-refractivity contribution >= 4 is 35.4 Å². The lowest BCUT2D eigenvalue weighted by atomic mass is 9.93. The maximum absolute atomic E-state index is 14.6. The van der Waals surface area contributed by atoms with E-state index < -0.39 is 59.4 Å². The Labute approximate surface area is 541 Å². The molecule has 92 heavy (non-hydrogen) atoms. The molecule has 2 fully saturated rings. The van der Waals surface area contributed by atoms with Crippen molar-refractivity contribution in [3.8, 4) is 11.3 Å². The number of nitrogens with zero attached hydrogens (tertiary/aromatic N) is 4. The second-order valence-electron chi connectivity index (χ2n) is 24.0. The molecule has 0 unspecified atom stereocenters. The van der Waals surface area contributed by atoms with Crippen LogP contribution in [0.25, 0.3) is 11.3 Å². The number of rotatable bonds is 48. The number of ether oxygens (including phenoxy) is 11. The monoisotopic (exact) mass is 1290 g/mol. The van der Waals surface area contributed by atoms with Crippen LogP contribution in [-0.2, 0) is 95.5 Å². The largest absolute Gasteiger partial charge is 0.411 e. The summed E-state index contributed by atoms with van der Waals surface area (Å²) in [5, 5.41) is 20.3. The molecule has 0 bridgehead atoms. The van der Waals surface area contributed by atoms with Gasteiger partial charge in [-0.05, 0) is 67.7 Å². The number of nitrogens with one attached hydrogen (secondary N) is 4. The van der Waals surface area contributed by atoms with Gasteiger partial charge in [-0.3, -0.25) is 28.5 Å². The summed E-state index contributed by atoms with van der Waals surface area (Å²) in [7, 11) is 1.63. The number of amides is 4. The highest BCUT2D eigenvalue weighted by Crippen LogP contribution is 2.30. The van der Waals surface area contributed by atoms with Crippen molar-refractivity contribution in [3.63, 3.8) is 0 Å². The second-order valence-corrected chi connectivity index (χ2v) is 24.0. The van der Waals surface area contributed by atoms with Crippen molar-refractivity contribution in [2.24, 2.45) is 11.8 Å². The first-order valence-electron chi connectivity index (χ1n) is 32.2. The molecule has 4 amide bonds. The van der Waals surface area contributed by atoms with Gasteiger partial charge in [0, 0.05) is 19.1 Å². The van der Waals surface area contributed by atoms with Crippen molar-refractivity contribution in [2.75, 3.05) is 152 Å². The number of benzene rings is 3. The third kappa shape index (κ3) is 27.9. The molecule has 4 N–H and O–H groups in total. The van der Waals surface area contributed by atoms with Gasteiger partial charge in [0.15, 0.2) is 12.3 Å². The number of carbonyl (C=O) groups is 6. The Bertz CT molecular complexity index is 2780. The molecular formula is C67H99N8O17+. The predicted octanol–water partition coefficient (Wildman–Crippen LogP) is 3.93. The Hall–Kier alpha value is -6.62. The Morgan fingerprint density at radius 1 is 0.587 bits per heavy atom. The van der Waals surface area contributed by atoms with Crippen molar-refractivity contribution in [3.05, 3.63) is 108 Å². The topological polar surface area (TPSA) is 286 Å². The molecule has 3 heterocycles. The van der Waals surface area contributed by atoms with Gasteiger partial charge < -0.3 is 73.4 Å². The number of hydrogen-bond donors (Lipinski definition) is 4. The van der Waals surface area contributed by atoms with E-state index in [2.05, 4.69) is 31.6 Å². The summed E-state index contributed by atoms with van der Waals surface area (Å²) in [6.07, 6.45) is 3.12. The van der Waals surface area contributed by atoms with Crippen LogP contribution in [0.4, 0.5) is 0 Å². The normalized spacial score (nSPS) is 16.5. The summed E-state index contributed by atoms with van der Waals surface area (Å²) in [5.74, 6) is -2.99. The molecular weight excluding hydrogens is 1190 g/mol. The fourth-order valence-corrected chi connectivity index (χ4v) is 10.1. The number of morpholine rings is 1. The lowest BCUT2D eigenvalue weighted by Crippen LogP contribution is -2.62. The molecule has 0 spiro atoms. The standard InChI is InChI=1S/C67H98N8O17/c1-50(2)43-57(62(77)67(5)48-92-67)69-65(80)59(45-53-15-11-8-12-16-53)71-64(79)58(44-51(3)4)70-63(78)56(22-17-52-13-9-7-10-14-52)68-61(76)47-75(24-27-84-28-25-75)49-91-66(81)55-20-18-54(19-21-55)60-46-74(73-72-60)23-26-83-31-32-86-35-36-88-39-40-90-42-41-89-38-37-87-34-33-85-30-29-82-6/h7-16,18-21,46,50-51,56-59H,17,22-45,47-49H2,1-6H3,(H3-,68,69,70,71,76,78,79,80)/p+1/t56-,57-,58-,59-,67+/m0/s1. The van der Waals surface area contributed by atoms with E-state index in [1.54, 1.807) is 49.2 Å². The van der Waals surface area contributed by atoms with Crippen LogP contribution < -0.4 is 21.3 Å². The molecule has 1 aromatic heterocycles. The Balaban J connectivity index is 0.949. The van der Waals surface area contributed by atoms with Crippen molar-refractivity contribution < 1.29 is 85.4 Å². The van der Waals surface area contributed by atoms with Crippen LogP contribution >= 0.6 is 0 Å². The third-order valence-electron chi connectivity index (χ3n) is 15.4. The molecule has 3 aromatic carbocycles. The Morgan fingerprint density at radius 2 is 1.07 bits per heavy atom. The van der Waals surface area contributed by atoms with Crippen LogP contribution in [0, 0.1) is 11.8 Å². The minimum Gasteiger partial charge on any atom is -0.411 e. The molecule has 0 saturated carbocycles. The van der Waals surface area contributed by atoms with Gasteiger partial charge in [-0.2, -0.15) is 0 Å². The molecule has 5 atom stereocenters. The maximum atomic E-state index is 14.6. The highest BCUT2D eigenvalue weighted by molar-refractivity contribution is 5.99. The van der Waals surface area contributed by atoms with Crippen molar-refractivity contribution in [2.45, 2.75) is 103 Å². The number of Topliss-reactive ketones (excluding diaryl/α,β-unsaturated/α-hetero) is 1. The quantitative estimate of drug-likeness (QED) is 0.0211. The number of aromatic nitrogens is 3. The molecule has 0 aliphatic carbocycles. The van der Waals surface area contributed by atoms with Gasteiger partial charge >= 0.3 is 5.97 Å². The van der Waals surface area contributed by atoms with E-state index >= 15 is 0 Å². The number of aryl methyl sites for hydroxylation is 1. The van der Waals surface area contributed by atoms with Gasteiger partial charge in [0.25, 0.3) is 5.91 Å². The number of esters is 1. The first-order chi connectivity index (χ1) is 44.5. The van der Waals surface area contributed by atoms with Crippen LogP contribution in [-0.4, -0.2) is 237 Å². The van der Waals surface area contributed by atoms with Crippen LogP contribution in [0.1, 0.15) is 75.4 Å². The van der Waals surface area contributed by atoms with Crippen LogP contribution in [0.2, 0.25) is 0 Å². The predicted molar refractivity (Wildman–Crippen MR) is 340 cm³/mol. The average Bonchev–Trinajstić information content (AvgIpc) is 1.66. The van der Waals surface area contributed by atoms with E-state index in [0.717, 1.165) is 16.7 Å². The highest BCUT2D eigenvalue weighted by atomic mass is 16.6. The summed E-state index contributed by atoms with van der Waals surface area (Å²) in [6, 6.07) is 21.4. The number of epoxide rings is 1. The van der Waals surface area contributed by atoms with Crippen molar-refractivity contribution in [1.29, 1.82) is 0 Å². The Kier molecular flexibility index (Phi) is 33.3. The number of quaternary nitrogens is 1. The molecule has 2 aliphatic heterocycles. The summed E-state index contributed by atoms with van der Waals surface area (Å²) in [4.78, 5) is 84.9. The first-order valence-corrected chi connectivity index (χ1v) is 32.2. The summed E-state index contributed by atoms with van der Waals surface area (Å²) >= 11 is 0. The van der Waals surface area contributed by atoms with Gasteiger partial charge in [-0.15, -0.1) is 5.10 Å². The fourth-order valence-electron chi connectivity index (χ4n) is 10.1. The van der Waals surface area contributed by atoms with Crippen LogP contribution in [0.3, 0.4) is 0 Å². The molecule has 25 nitrogen and oxygen atoms in total. The molecule has 0 radical (unpaired) electrons. The molecule has 2 aliphatic rings. The van der Waals surface area contributed by atoms with Gasteiger partial charge in [0.2, 0.25) is 24.5 Å². The van der Waals surface area contributed by atoms with Gasteiger partial charge in [-0.25, -0.2) is 9.48 Å². The second kappa shape index (κ2) is 41.2. The van der Waals surface area contributed by atoms with E-state index in [1.807, 2.05) is 88.4 Å². The number of ketones is 1. The van der Waals surface area contributed by atoms with E-state index in [9.17, 15) is 28.8 Å². The van der Waals surface area contributed by atoms with Crippen LogP contribution in [0.15, 0.2) is 91.1 Å². The zero-order valence-corrected chi connectivity index (χ0v) is 54.7. The summed E-state index contributed by atoms with van der Waals surface area (Å²) in [5.41, 5.74) is 2.38. The third-order valence-corrected chi connectivity index (χ3v) is 15.4. The minimum atomic E-state index is -1.11. The lowest BCUT2D eigenvalue weighted by molar-refractivity contribution is -0.943. The first kappa shape index (κ1) is 74.4. The lowest BCUT2D eigenvalue weighted by Gasteiger charge is -2.39. The van der Waals surface area contributed by atoms with E-state index in [1.165, 1.54) is 0 Å². The van der Waals surface area contributed by atoms with Crippen molar-refractivity contribution in [1.82, 2.24) is 36.3 Å². The average molecular weight is 1290 g/mol. The molecule has 4 aromatic rings. The summed E-state index contributed by atoms with van der Waals surface area (Å²) < 4.78 is 62.4. The van der Waals surface area contributed by atoms with E-state index in [0.29, 0.717) is 156 Å². The molecule has 2 saturated heterocycles. The maximum Gasteiger partial charge on any atom is 0.342 e. The Morgan fingerprint density at radius 3 is 1.60 bits per heavy atom. The summed E-state index contributed by atoms with van der Waals surface area (Å²) in [6.45, 7) is 18.4. The SMILES string of the molecule is COCCOCCOCCOCCOCCOCCOCCOCCn1cc(-c2ccc(C(=O)OC[N+]3(CC(=O)N[C@@H](CCc4ccccc4)C(=O)N[C@@H](CC(C)C)C(=O)N[C@@H](Cc4ccccc4)C(=O)N[C@@H](CC(C)C)C(=O)[C@@]4(C)CO4)CCOCC3)cc2)nn1. The smallest absolute Gasteiger partial charge is 0.342 e. The highest BCUT2D eigenvalue weighted by Gasteiger charge is 2.50. The van der Waals surface area contributed by atoms with Gasteiger partial charge in [0.05, 0.1) is 143 Å². The fraction of sp³-hybridized carbons (Fsp3) is 0.612. The van der Waals surface area contributed by atoms with Gasteiger partial charge in [0.1, 0.15) is 42.5 Å². The van der Waals surface area contributed by atoms with Gasteiger partial charge in [-0.1, -0.05) is 106 Å². The molecule has 508 valence electrons.